The molecule has 0 bridgehead atoms. The van der Waals surface area contributed by atoms with Gasteiger partial charge >= 0.3 is 0 Å². The van der Waals surface area contributed by atoms with Crippen molar-refractivity contribution in [1.29, 1.82) is 0 Å². The number of aromatic nitrogens is 2. The lowest BCUT2D eigenvalue weighted by Gasteiger charge is -2.34. The largest absolute Gasteiger partial charge is 0.493 e. The van der Waals surface area contributed by atoms with Gasteiger partial charge in [-0.15, -0.1) is 0 Å². The van der Waals surface area contributed by atoms with Crippen LogP contribution in [0.15, 0.2) is 60.9 Å². The molecule has 2 aromatic heterocycles. The fourth-order valence-corrected chi connectivity index (χ4v) is 6.32. The van der Waals surface area contributed by atoms with Crippen molar-refractivity contribution in [3.63, 3.8) is 0 Å². The lowest BCUT2D eigenvalue weighted by molar-refractivity contribution is 0.147. The average Bonchev–Trinajstić information content (AvgIpc) is 3.11. The summed E-state index contributed by atoms with van der Waals surface area (Å²) in [6, 6.07) is 16.2. The molecular formula is C37H46N4O6. The van der Waals surface area contributed by atoms with Crippen LogP contribution >= 0.6 is 0 Å². The van der Waals surface area contributed by atoms with Crippen LogP contribution in [0.2, 0.25) is 0 Å². The van der Waals surface area contributed by atoms with Crippen LogP contribution in [0.25, 0.3) is 22.5 Å². The number of rotatable bonds is 14. The molecule has 0 amide bonds. The number of benzene rings is 2. The Morgan fingerprint density at radius 1 is 0.638 bits per heavy atom. The number of methoxy groups -OCH3 is 6. The highest BCUT2D eigenvalue weighted by molar-refractivity contribution is 5.70. The molecule has 0 N–H and O–H groups in total. The highest BCUT2D eigenvalue weighted by atomic mass is 16.5. The Hall–Kier alpha value is -4.54. The van der Waals surface area contributed by atoms with Crippen LogP contribution in [0.4, 0.5) is 0 Å². The molecule has 0 spiro atoms. The van der Waals surface area contributed by atoms with Crippen LogP contribution in [-0.4, -0.2) is 89.1 Å². The van der Waals surface area contributed by atoms with Gasteiger partial charge in [0.05, 0.1) is 54.0 Å². The summed E-state index contributed by atoms with van der Waals surface area (Å²) in [5.74, 6) is 4.25. The molecule has 0 saturated carbocycles. The minimum atomic E-state index is 0.571. The average molecular weight is 643 g/mol. The van der Waals surface area contributed by atoms with Gasteiger partial charge in [-0.1, -0.05) is 0 Å². The van der Waals surface area contributed by atoms with Gasteiger partial charge in [0.15, 0.2) is 23.0 Å². The van der Waals surface area contributed by atoms with E-state index in [9.17, 15) is 0 Å². The fourth-order valence-electron chi connectivity index (χ4n) is 6.32. The Morgan fingerprint density at radius 2 is 1.09 bits per heavy atom. The summed E-state index contributed by atoms with van der Waals surface area (Å²) in [4.78, 5) is 14.2. The number of pyridine rings is 2. The number of hydrogen-bond acceptors (Lipinski definition) is 10. The second-order valence-corrected chi connectivity index (χ2v) is 11.8. The predicted molar refractivity (Wildman–Crippen MR) is 183 cm³/mol. The Morgan fingerprint density at radius 3 is 1.53 bits per heavy atom. The van der Waals surface area contributed by atoms with E-state index in [0.29, 0.717) is 40.4 Å². The Balaban J connectivity index is 1.16. The SMILES string of the molecule is COc1cc(-c2cc(CN(C)CC3CCN(Cc4ccnc(-c5cc(OC)c(OC)c(OC)c5)c4)CC3)ccn2)cc(OC)c1OC. The topological polar surface area (TPSA) is 87.6 Å². The lowest BCUT2D eigenvalue weighted by atomic mass is 9.95. The summed E-state index contributed by atoms with van der Waals surface area (Å²) in [5, 5.41) is 0. The summed E-state index contributed by atoms with van der Waals surface area (Å²) in [7, 11) is 11.9. The van der Waals surface area contributed by atoms with Gasteiger partial charge in [-0.2, -0.15) is 0 Å². The quantitative estimate of drug-likeness (QED) is 0.158. The van der Waals surface area contributed by atoms with Crippen molar-refractivity contribution in [3.05, 3.63) is 72.1 Å². The molecule has 0 unspecified atom stereocenters. The molecule has 1 aliphatic rings. The number of likely N-dealkylation sites (tertiary alicyclic amines) is 1. The number of hydrogen-bond donors (Lipinski definition) is 0. The van der Waals surface area contributed by atoms with Gasteiger partial charge in [0.2, 0.25) is 11.5 Å². The molecule has 250 valence electrons. The summed E-state index contributed by atoms with van der Waals surface area (Å²) in [5.41, 5.74) is 6.04. The molecule has 0 aliphatic carbocycles. The van der Waals surface area contributed by atoms with Crippen LogP contribution < -0.4 is 28.4 Å². The van der Waals surface area contributed by atoms with E-state index in [-0.39, 0.29) is 0 Å². The lowest BCUT2D eigenvalue weighted by Crippen LogP contribution is -2.37. The van der Waals surface area contributed by atoms with Crippen molar-refractivity contribution < 1.29 is 28.4 Å². The van der Waals surface area contributed by atoms with Gasteiger partial charge in [-0.25, -0.2) is 0 Å². The zero-order chi connectivity index (χ0) is 33.3. The Kier molecular flexibility index (Phi) is 11.4. The molecule has 0 atom stereocenters. The first-order valence-electron chi connectivity index (χ1n) is 15.8. The number of ether oxygens (including phenoxy) is 6. The van der Waals surface area contributed by atoms with E-state index >= 15 is 0 Å². The normalized spacial score (nSPS) is 13.8. The second-order valence-electron chi connectivity index (χ2n) is 11.8. The molecule has 1 aliphatic heterocycles. The number of nitrogens with zero attached hydrogens (tertiary/aromatic N) is 4. The van der Waals surface area contributed by atoms with Gasteiger partial charge in [0.1, 0.15) is 0 Å². The molecule has 3 heterocycles. The van der Waals surface area contributed by atoms with Crippen molar-refractivity contribution in [2.24, 2.45) is 5.92 Å². The van der Waals surface area contributed by atoms with Gasteiger partial charge in [0, 0.05) is 43.2 Å². The van der Waals surface area contributed by atoms with E-state index in [1.54, 1.807) is 42.7 Å². The summed E-state index contributed by atoms with van der Waals surface area (Å²) < 4.78 is 33.2. The zero-order valence-corrected chi connectivity index (χ0v) is 28.5. The highest BCUT2D eigenvalue weighted by Gasteiger charge is 2.22. The first-order chi connectivity index (χ1) is 22.9. The number of piperidine rings is 1. The smallest absolute Gasteiger partial charge is 0.203 e. The molecule has 10 nitrogen and oxygen atoms in total. The van der Waals surface area contributed by atoms with Crippen molar-refractivity contribution >= 4 is 0 Å². The van der Waals surface area contributed by atoms with Gasteiger partial charge in [-0.3, -0.25) is 14.9 Å². The van der Waals surface area contributed by atoms with Crippen LogP contribution in [0.3, 0.4) is 0 Å². The van der Waals surface area contributed by atoms with E-state index in [0.717, 1.165) is 55.2 Å². The molecule has 1 saturated heterocycles. The summed E-state index contributed by atoms with van der Waals surface area (Å²) in [6.45, 7) is 4.93. The first-order valence-corrected chi connectivity index (χ1v) is 15.8. The van der Waals surface area contributed by atoms with Gasteiger partial charge in [0.25, 0.3) is 0 Å². The summed E-state index contributed by atoms with van der Waals surface area (Å²) in [6.07, 6.45) is 6.08. The standard InChI is InChI=1S/C37H46N4O6/c1-40(23-26-8-12-38-30(16-26)28-18-32(42-2)36(46-6)33(19-28)43-3)22-25-10-14-41(15-11-25)24-27-9-13-39-31(17-27)29-20-34(44-4)37(47-7)35(21-29)45-5/h8-9,12-13,16-21,25H,10-11,14-15,22-24H2,1-7H3. The van der Waals surface area contributed by atoms with E-state index in [2.05, 4.69) is 51.1 Å². The minimum Gasteiger partial charge on any atom is -0.493 e. The minimum absolute atomic E-state index is 0.571. The van der Waals surface area contributed by atoms with E-state index < -0.39 is 0 Å². The third-order valence-corrected chi connectivity index (χ3v) is 8.71. The molecule has 47 heavy (non-hydrogen) atoms. The summed E-state index contributed by atoms with van der Waals surface area (Å²) >= 11 is 0. The monoisotopic (exact) mass is 642 g/mol. The first kappa shape index (κ1) is 33.8. The van der Waals surface area contributed by atoms with Gasteiger partial charge in [-0.05, 0) is 98.6 Å². The Labute approximate surface area is 278 Å². The zero-order valence-electron chi connectivity index (χ0n) is 28.5. The van der Waals surface area contributed by atoms with Crippen molar-refractivity contribution in [2.45, 2.75) is 25.9 Å². The third kappa shape index (κ3) is 8.07. The molecule has 1 fully saturated rings. The van der Waals surface area contributed by atoms with Crippen molar-refractivity contribution in [2.75, 3.05) is 69.3 Å². The maximum Gasteiger partial charge on any atom is 0.203 e. The maximum absolute atomic E-state index is 5.55. The Bertz CT molecular complexity index is 1590. The molecule has 5 rings (SSSR count). The highest BCUT2D eigenvalue weighted by Crippen LogP contribution is 2.42. The van der Waals surface area contributed by atoms with Crippen LogP contribution in [0, 0.1) is 5.92 Å². The van der Waals surface area contributed by atoms with E-state index in [4.69, 9.17) is 28.4 Å². The van der Waals surface area contributed by atoms with Crippen LogP contribution in [0.1, 0.15) is 24.0 Å². The molecule has 10 heteroatoms. The van der Waals surface area contributed by atoms with Crippen molar-refractivity contribution in [3.8, 4) is 57.0 Å². The van der Waals surface area contributed by atoms with Crippen LogP contribution in [0.5, 0.6) is 34.5 Å². The maximum atomic E-state index is 5.55. The third-order valence-electron chi connectivity index (χ3n) is 8.71. The fraction of sp³-hybridized carbons (Fsp3) is 0.405. The molecule has 2 aromatic carbocycles. The molecule has 4 aromatic rings. The van der Waals surface area contributed by atoms with E-state index in [1.807, 2.05) is 36.7 Å². The predicted octanol–water partition coefficient (Wildman–Crippen LogP) is 6.21. The second kappa shape index (κ2) is 15.8. The van der Waals surface area contributed by atoms with Crippen LogP contribution in [-0.2, 0) is 13.1 Å². The van der Waals surface area contributed by atoms with E-state index in [1.165, 1.54) is 24.0 Å². The van der Waals surface area contributed by atoms with Crippen molar-refractivity contribution in [1.82, 2.24) is 19.8 Å². The van der Waals surface area contributed by atoms with Gasteiger partial charge < -0.3 is 33.3 Å². The molecule has 0 radical (unpaired) electrons. The molecular weight excluding hydrogens is 596 g/mol.